The predicted octanol–water partition coefficient (Wildman–Crippen LogP) is 1.63. The van der Waals surface area contributed by atoms with Gasteiger partial charge >= 0.3 is 0 Å². The standard InChI is InChI=1S/C18H25N3O3S/c22-16(10-20-18(24)15-6-3-9-25-15)19-11-17(23)21-8-7-13-4-1-2-5-14(13)12-21/h3,6,9,13-14H,1-2,4-5,7-8,10-12H2,(H,19,22)(H,20,24)/t13-,14-/m0/s1. The zero-order valence-electron chi connectivity index (χ0n) is 14.3. The van der Waals surface area contributed by atoms with Crippen molar-refractivity contribution in [1.29, 1.82) is 0 Å². The fraction of sp³-hybridized carbons (Fsp3) is 0.611. The van der Waals surface area contributed by atoms with Gasteiger partial charge < -0.3 is 15.5 Å². The van der Waals surface area contributed by atoms with E-state index in [1.807, 2.05) is 10.3 Å². The molecule has 1 saturated heterocycles. The number of hydrogen-bond donors (Lipinski definition) is 2. The van der Waals surface area contributed by atoms with E-state index in [4.69, 9.17) is 0 Å². The van der Waals surface area contributed by atoms with Gasteiger partial charge in [0, 0.05) is 13.1 Å². The van der Waals surface area contributed by atoms with Crippen LogP contribution >= 0.6 is 11.3 Å². The molecule has 6 nitrogen and oxygen atoms in total. The highest BCUT2D eigenvalue weighted by atomic mass is 32.1. The highest BCUT2D eigenvalue weighted by Crippen LogP contribution is 2.35. The number of piperidine rings is 1. The molecule has 3 rings (SSSR count). The Bertz CT molecular complexity index is 617. The van der Waals surface area contributed by atoms with Crippen LogP contribution in [0.25, 0.3) is 0 Å². The molecule has 2 aliphatic rings. The lowest BCUT2D eigenvalue weighted by atomic mass is 9.75. The van der Waals surface area contributed by atoms with Crippen LogP contribution in [0.15, 0.2) is 17.5 Å². The topological polar surface area (TPSA) is 78.5 Å². The maximum absolute atomic E-state index is 12.3. The highest BCUT2D eigenvalue weighted by molar-refractivity contribution is 7.12. The summed E-state index contributed by atoms with van der Waals surface area (Å²) in [6.07, 6.45) is 6.19. The van der Waals surface area contributed by atoms with Crippen molar-refractivity contribution in [3.05, 3.63) is 22.4 Å². The van der Waals surface area contributed by atoms with Crippen molar-refractivity contribution < 1.29 is 14.4 Å². The van der Waals surface area contributed by atoms with Crippen LogP contribution in [0, 0.1) is 11.8 Å². The first-order valence-electron chi connectivity index (χ1n) is 8.99. The first kappa shape index (κ1) is 17.9. The number of hydrogen-bond acceptors (Lipinski definition) is 4. The Morgan fingerprint density at radius 3 is 2.64 bits per heavy atom. The summed E-state index contributed by atoms with van der Waals surface area (Å²) in [5.41, 5.74) is 0. The van der Waals surface area contributed by atoms with Crippen LogP contribution in [-0.2, 0) is 9.59 Å². The summed E-state index contributed by atoms with van der Waals surface area (Å²) in [6.45, 7) is 1.51. The van der Waals surface area contributed by atoms with Gasteiger partial charge in [0.05, 0.1) is 18.0 Å². The molecule has 2 fully saturated rings. The van der Waals surface area contributed by atoms with Crippen molar-refractivity contribution in [3.63, 3.8) is 0 Å². The van der Waals surface area contributed by atoms with Crippen LogP contribution in [0.4, 0.5) is 0 Å². The molecule has 3 amide bonds. The number of carbonyl (C=O) groups excluding carboxylic acids is 3. The molecular formula is C18H25N3O3S. The van der Waals surface area contributed by atoms with E-state index in [2.05, 4.69) is 10.6 Å². The van der Waals surface area contributed by atoms with Crippen LogP contribution in [0.2, 0.25) is 0 Å². The minimum Gasteiger partial charge on any atom is -0.345 e. The Morgan fingerprint density at radius 1 is 1.08 bits per heavy atom. The van der Waals surface area contributed by atoms with Gasteiger partial charge in [-0.25, -0.2) is 0 Å². The number of fused-ring (bicyclic) bond motifs is 1. The first-order valence-corrected chi connectivity index (χ1v) is 9.87. The summed E-state index contributed by atoms with van der Waals surface area (Å²) in [5, 5.41) is 6.98. The van der Waals surface area contributed by atoms with Crippen molar-refractivity contribution in [2.45, 2.75) is 32.1 Å². The van der Waals surface area contributed by atoms with Gasteiger partial charge in [-0.3, -0.25) is 14.4 Å². The van der Waals surface area contributed by atoms with E-state index in [1.165, 1.54) is 37.0 Å². The highest BCUT2D eigenvalue weighted by Gasteiger charge is 2.32. The molecule has 2 N–H and O–H groups in total. The van der Waals surface area contributed by atoms with Crippen LogP contribution in [0.3, 0.4) is 0 Å². The van der Waals surface area contributed by atoms with Crippen molar-refractivity contribution in [2.75, 3.05) is 26.2 Å². The summed E-state index contributed by atoms with van der Waals surface area (Å²) in [4.78, 5) is 38.4. The molecule has 0 unspecified atom stereocenters. The zero-order chi connectivity index (χ0) is 17.6. The van der Waals surface area contributed by atoms with Crippen molar-refractivity contribution in [2.24, 2.45) is 11.8 Å². The van der Waals surface area contributed by atoms with Crippen molar-refractivity contribution in [1.82, 2.24) is 15.5 Å². The second-order valence-electron chi connectivity index (χ2n) is 6.87. The molecule has 136 valence electrons. The quantitative estimate of drug-likeness (QED) is 0.835. The number of likely N-dealkylation sites (tertiary alicyclic amines) is 1. The van der Waals surface area contributed by atoms with E-state index in [1.54, 1.807) is 12.1 Å². The summed E-state index contributed by atoms with van der Waals surface area (Å²) in [5.74, 6) is 0.774. The minimum absolute atomic E-state index is 0.00505. The third kappa shape index (κ3) is 4.81. The van der Waals surface area contributed by atoms with Gasteiger partial charge in [-0.15, -0.1) is 11.3 Å². The fourth-order valence-electron chi connectivity index (χ4n) is 3.83. The summed E-state index contributed by atoms with van der Waals surface area (Å²) >= 11 is 1.32. The maximum Gasteiger partial charge on any atom is 0.261 e. The second kappa shape index (κ2) is 8.47. The number of thiophene rings is 1. The Balaban J connectivity index is 1.37. The van der Waals surface area contributed by atoms with Crippen LogP contribution in [-0.4, -0.2) is 48.8 Å². The number of rotatable bonds is 5. The van der Waals surface area contributed by atoms with Gasteiger partial charge in [0.1, 0.15) is 0 Å². The van der Waals surface area contributed by atoms with E-state index in [9.17, 15) is 14.4 Å². The van der Waals surface area contributed by atoms with Gasteiger partial charge in [-0.05, 0) is 36.1 Å². The second-order valence-corrected chi connectivity index (χ2v) is 7.82. The summed E-state index contributed by atoms with van der Waals surface area (Å²) in [6, 6.07) is 3.49. The van der Waals surface area contributed by atoms with Gasteiger partial charge in [-0.1, -0.05) is 25.3 Å². The van der Waals surface area contributed by atoms with Gasteiger partial charge in [0.2, 0.25) is 11.8 Å². The monoisotopic (exact) mass is 363 g/mol. The third-order valence-corrected chi connectivity index (χ3v) is 6.10. The molecule has 0 spiro atoms. The number of amides is 3. The smallest absolute Gasteiger partial charge is 0.261 e. The van der Waals surface area contributed by atoms with Gasteiger partial charge in [0.15, 0.2) is 0 Å². The lowest BCUT2D eigenvalue weighted by Gasteiger charge is -2.41. The molecular weight excluding hydrogens is 338 g/mol. The lowest BCUT2D eigenvalue weighted by molar-refractivity contribution is -0.135. The molecule has 0 aromatic carbocycles. The van der Waals surface area contributed by atoms with Crippen molar-refractivity contribution >= 4 is 29.1 Å². The number of nitrogens with zero attached hydrogens (tertiary/aromatic N) is 1. The zero-order valence-corrected chi connectivity index (χ0v) is 15.1. The van der Waals surface area contributed by atoms with Crippen LogP contribution in [0.5, 0.6) is 0 Å². The largest absolute Gasteiger partial charge is 0.345 e. The molecule has 2 atom stereocenters. The molecule has 1 aromatic rings. The Kier molecular flexibility index (Phi) is 6.07. The van der Waals surface area contributed by atoms with E-state index in [-0.39, 0.29) is 30.8 Å². The predicted molar refractivity (Wildman–Crippen MR) is 96.3 cm³/mol. The Morgan fingerprint density at radius 2 is 1.88 bits per heavy atom. The SMILES string of the molecule is O=C(CNC(=O)c1cccs1)NCC(=O)N1CC[C@@H]2CCCC[C@H]2C1. The minimum atomic E-state index is -0.342. The lowest BCUT2D eigenvalue weighted by Crippen LogP contribution is -2.49. The summed E-state index contributed by atoms with van der Waals surface area (Å²) in [7, 11) is 0. The summed E-state index contributed by atoms with van der Waals surface area (Å²) < 4.78 is 0. The van der Waals surface area contributed by atoms with Gasteiger partial charge in [-0.2, -0.15) is 0 Å². The fourth-order valence-corrected chi connectivity index (χ4v) is 4.47. The average molecular weight is 363 g/mol. The molecule has 1 saturated carbocycles. The number of nitrogens with one attached hydrogen (secondary N) is 2. The number of carbonyl (C=O) groups is 3. The van der Waals surface area contributed by atoms with Gasteiger partial charge in [0.25, 0.3) is 5.91 Å². The molecule has 1 aliphatic carbocycles. The van der Waals surface area contributed by atoms with E-state index in [0.717, 1.165) is 25.4 Å². The maximum atomic E-state index is 12.3. The third-order valence-electron chi connectivity index (χ3n) is 5.24. The molecule has 0 bridgehead atoms. The van der Waals surface area contributed by atoms with Crippen LogP contribution in [0.1, 0.15) is 41.8 Å². The van der Waals surface area contributed by atoms with E-state index in [0.29, 0.717) is 10.8 Å². The van der Waals surface area contributed by atoms with E-state index >= 15 is 0 Å². The molecule has 0 radical (unpaired) electrons. The van der Waals surface area contributed by atoms with Crippen molar-refractivity contribution in [3.8, 4) is 0 Å². The first-order chi connectivity index (χ1) is 12.1. The average Bonchev–Trinajstić information content (AvgIpc) is 3.18. The molecule has 1 aliphatic heterocycles. The molecule has 2 heterocycles. The molecule has 1 aromatic heterocycles. The normalized spacial score (nSPS) is 22.8. The molecule has 7 heteroatoms. The van der Waals surface area contributed by atoms with E-state index < -0.39 is 0 Å². The Hall–Kier alpha value is -1.89. The Labute approximate surface area is 152 Å². The molecule has 25 heavy (non-hydrogen) atoms. The van der Waals surface area contributed by atoms with Crippen LogP contribution < -0.4 is 10.6 Å².